The number of aromatic amines is 1. The van der Waals surface area contributed by atoms with Gasteiger partial charge in [0.05, 0.1) is 11.8 Å². The third-order valence-corrected chi connectivity index (χ3v) is 3.84. The second-order valence-electron chi connectivity index (χ2n) is 3.99. The molecule has 0 unspecified atom stereocenters. The summed E-state index contributed by atoms with van der Waals surface area (Å²) in [6.07, 6.45) is 0.425. The van der Waals surface area contributed by atoms with Crippen molar-refractivity contribution in [2.45, 2.75) is 13.3 Å². The predicted molar refractivity (Wildman–Crippen MR) is 71.5 cm³/mol. The monoisotopic (exact) mass is 280 g/mol. The number of aromatic nitrogens is 2. The average molecular weight is 281 g/mol. The summed E-state index contributed by atoms with van der Waals surface area (Å²) in [5, 5.41) is 2.93. The number of H-pyrrole nitrogens is 1. The largest absolute Gasteiger partial charge is 0.449 e. The summed E-state index contributed by atoms with van der Waals surface area (Å²) in [5.74, 6) is 1.26. The van der Waals surface area contributed by atoms with E-state index in [9.17, 15) is 4.79 Å². The van der Waals surface area contributed by atoms with Crippen LogP contribution in [0.1, 0.15) is 17.1 Å². The minimum absolute atomic E-state index is 0.105. The molecule has 0 saturated carbocycles. The average Bonchev–Trinajstić information content (AvgIpc) is 2.86. The lowest BCUT2D eigenvalue weighted by atomic mass is 10.2. The Balaban J connectivity index is 2.05. The van der Waals surface area contributed by atoms with E-state index in [2.05, 4.69) is 9.97 Å². The van der Waals surface area contributed by atoms with Gasteiger partial charge in [0, 0.05) is 0 Å². The molecule has 0 amide bonds. The Kier molecular flexibility index (Phi) is 2.72. The highest BCUT2D eigenvalue weighted by Crippen LogP contribution is 2.21. The number of furan rings is 1. The van der Waals surface area contributed by atoms with Crippen molar-refractivity contribution in [3.8, 4) is 0 Å². The lowest BCUT2D eigenvalue weighted by molar-refractivity contribution is 0.519. The molecule has 0 aliphatic rings. The summed E-state index contributed by atoms with van der Waals surface area (Å²) in [7, 11) is 0. The number of thiophene rings is 1. The summed E-state index contributed by atoms with van der Waals surface area (Å²) >= 11 is 7.17. The summed E-state index contributed by atoms with van der Waals surface area (Å²) in [6, 6.07) is 3.44. The zero-order valence-electron chi connectivity index (χ0n) is 9.49. The molecular weight excluding hydrogens is 272 g/mol. The molecule has 3 aromatic heterocycles. The lowest BCUT2D eigenvalue weighted by Gasteiger charge is -1.98. The highest BCUT2D eigenvalue weighted by atomic mass is 35.5. The van der Waals surface area contributed by atoms with Gasteiger partial charge in [-0.15, -0.1) is 11.3 Å². The van der Waals surface area contributed by atoms with Crippen LogP contribution in [-0.2, 0) is 6.42 Å². The summed E-state index contributed by atoms with van der Waals surface area (Å²) < 4.78 is 5.25. The van der Waals surface area contributed by atoms with Crippen molar-refractivity contribution < 1.29 is 4.42 Å². The Morgan fingerprint density at radius 3 is 3.06 bits per heavy atom. The number of aryl methyl sites for hydroxylation is 1. The van der Waals surface area contributed by atoms with Gasteiger partial charge in [0.1, 0.15) is 16.4 Å². The molecule has 0 bridgehead atoms. The maximum absolute atomic E-state index is 11.9. The van der Waals surface area contributed by atoms with Crippen LogP contribution in [0.15, 0.2) is 26.7 Å². The van der Waals surface area contributed by atoms with E-state index in [0.717, 1.165) is 10.4 Å². The number of nitrogens with one attached hydrogen (secondary N) is 1. The van der Waals surface area contributed by atoms with Crippen molar-refractivity contribution in [2.24, 2.45) is 0 Å². The fraction of sp³-hybridized carbons (Fsp3) is 0.167. The van der Waals surface area contributed by atoms with Crippen molar-refractivity contribution in [1.29, 1.82) is 0 Å². The van der Waals surface area contributed by atoms with Gasteiger partial charge in [0.25, 0.3) is 5.56 Å². The van der Waals surface area contributed by atoms with E-state index in [0.29, 0.717) is 28.6 Å². The van der Waals surface area contributed by atoms with Crippen LogP contribution in [-0.4, -0.2) is 9.97 Å². The smallest absolute Gasteiger partial charge is 0.259 e. The fourth-order valence-electron chi connectivity index (χ4n) is 1.83. The second kappa shape index (κ2) is 4.26. The third kappa shape index (κ3) is 1.95. The van der Waals surface area contributed by atoms with Gasteiger partial charge in [-0.05, 0) is 41.6 Å². The molecule has 0 spiro atoms. The van der Waals surface area contributed by atoms with E-state index in [1.165, 1.54) is 11.3 Å². The Hall–Kier alpha value is -1.59. The molecule has 3 rings (SSSR count). The van der Waals surface area contributed by atoms with Gasteiger partial charge in [0.15, 0.2) is 5.22 Å². The Bertz CT molecular complexity index is 772. The maximum atomic E-state index is 11.9. The van der Waals surface area contributed by atoms with Crippen LogP contribution in [0, 0.1) is 6.92 Å². The zero-order valence-corrected chi connectivity index (χ0v) is 11.1. The molecule has 3 aromatic rings. The Labute approximate surface area is 111 Å². The molecule has 0 radical (unpaired) electrons. The maximum Gasteiger partial charge on any atom is 0.259 e. The number of halogens is 1. The number of fused-ring (bicyclic) bond motifs is 1. The van der Waals surface area contributed by atoms with Crippen LogP contribution in [0.3, 0.4) is 0 Å². The molecule has 0 fully saturated rings. The molecule has 3 heterocycles. The van der Waals surface area contributed by atoms with Gasteiger partial charge in [-0.1, -0.05) is 0 Å². The first kappa shape index (κ1) is 11.5. The first-order valence-electron chi connectivity index (χ1n) is 5.34. The van der Waals surface area contributed by atoms with Gasteiger partial charge >= 0.3 is 0 Å². The molecule has 0 aliphatic carbocycles. The van der Waals surface area contributed by atoms with Crippen LogP contribution in [0.25, 0.3) is 10.2 Å². The standard InChI is InChI=1S/C12H9ClN2O2S/c1-6-5-18-12-10(6)11(16)14-9(15-12)4-7-2-3-8(13)17-7/h2-3,5H,4H2,1H3,(H,14,15,16). The molecule has 0 aliphatic heterocycles. The van der Waals surface area contributed by atoms with Crippen LogP contribution in [0.2, 0.25) is 5.22 Å². The molecule has 1 N–H and O–H groups in total. The summed E-state index contributed by atoms with van der Waals surface area (Å²) in [5.41, 5.74) is 0.850. The zero-order chi connectivity index (χ0) is 12.7. The summed E-state index contributed by atoms with van der Waals surface area (Å²) in [4.78, 5) is 19.9. The first-order valence-corrected chi connectivity index (χ1v) is 6.60. The minimum Gasteiger partial charge on any atom is -0.449 e. The molecule has 18 heavy (non-hydrogen) atoms. The molecule has 0 saturated heterocycles. The fourth-order valence-corrected chi connectivity index (χ4v) is 2.93. The predicted octanol–water partition coefficient (Wildman–Crippen LogP) is 3.13. The topological polar surface area (TPSA) is 58.9 Å². The quantitative estimate of drug-likeness (QED) is 0.784. The molecule has 0 atom stereocenters. The van der Waals surface area contributed by atoms with Crippen LogP contribution in [0.5, 0.6) is 0 Å². The molecule has 92 valence electrons. The number of hydrogen-bond acceptors (Lipinski definition) is 4. The molecule has 6 heteroatoms. The van der Waals surface area contributed by atoms with Crippen molar-refractivity contribution in [3.63, 3.8) is 0 Å². The van der Waals surface area contributed by atoms with Gasteiger partial charge in [-0.3, -0.25) is 4.79 Å². The summed E-state index contributed by atoms with van der Waals surface area (Å²) in [6.45, 7) is 1.90. The van der Waals surface area contributed by atoms with E-state index in [4.69, 9.17) is 16.0 Å². The van der Waals surface area contributed by atoms with E-state index < -0.39 is 0 Å². The Morgan fingerprint density at radius 1 is 1.50 bits per heavy atom. The van der Waals surface area contributed by atoms with Crippen molar-refractivity contribution >= 4 is 33.2 Å². The Morgan fingerprint density at radius 2 is 2.33 bits per heavy atom. The number of rotatable bonds is 2. The van der Waals surface area contributed by atoms with E-state index >= 15 is 0 Å². The van der Waals surface area contributed by atoms with Crippen molar-refractivity contribution in [2.75, 3.05) is 0 Å². The van der Waals surface area contributed by atoms with Gasteiger partial charge in [0.2, 0.25) is 0 Å². The number of hydrogen-bond donors (Lipinski definition) is 1. The highest BCUT2D eigenvalue weighted by molar-refractivity contribution is 7.16. The van der Waals surface area contributed by atoms with Gasteiger partial charge in [-0.2, -0.15) is 0 Å². The molecular formula is C12H9ClN2O2S. The van der Waals surface area contributed by atoms with Crippen LogP contribution >= 0.6 is 22.9 Å². The van der Waals surface area contributed by atoms with E-state index in [1.54, 1.807) is 12.1 Å². The van der Waals surface area contributed by atoms with Crippen molar-refractivity contribution in [3.05, 3.63) is 50.2 Å². The first-order chi connectivity index (χ1) is 8.63. The molecule has 4 nitrogen and oxygen atoms in total. The van der Waals surface area contributed by atoms with Gasteiger partial charge in [-0.25, -0.2) is 4.98 Å². The second-order valence-corrected chi connectivity index (χ2v) is 5.22. The van der Waals surface area contributed by atoms with Crippen LogP contribution < -0.4 is 5.56 Å². The third-order valence-electron chi connectivity index (χ3n) is 2.65. The number of nitrogens with zero attached hydrogens (tertiary/aromatic N) is 1. The minimum atomic E-state index is -0.105. The molecule has 0 aromatic carbocycles. The van der Waals surface area contributed by atoms with Crippen LogP contribution in [0.4, 0.5) is 0 Å². The van der Waals surface area contributed by atoms with E-state index in [1.807, 2.05) is 12.3 Å². The van der Waals surface area contributed by atoms with Gasteiger partial charge < -0.3 is 9.40 Å². The SMILES string of the molecule is Cc1csc2nc(Cc3ccc(Cl)o3)[nH]c(=O)c12. The highest BCUT2D eigenvalue weighted by Gasteiger charge is 2.10. The van der Waals surface area contributed by atoms with E-state index in [-0.39, 0.29) is 5.56 Å². The van der Waals surface area contributed by atoms with Crippen molar-refractivity contribution in [1.82, 2.24) is 9.97 Å². The normalized spacial score (nSPS) is 11.2. The lowest BCUT2D eigenvalue weighted by Crippen LogP contribution is -2.11.